The molecule has 0 bridgehead atoms. The van der Waals surface area contributed by atoms with Crippen LogP contribution in [0.5, 0.6) is 0 Å². The van der Waals surface area contributed by atoms with Crippen LogP contribution in [-0.2, 0) is 0 Å². The molecule has 1 amide bonds. The fourth-order valence-electron chi connectivity index (χ4n) is 1.68. The number of H-pyrrole nitrogens is 1. The van der Waals surface area contributed by atoms with Gasteiger partial charge in [-0.1, -0.05) is 20.3 Å². The summed E-state index contributed by atoms with van der Waals surface area (Å²) in [7, 11) is 0. The largest absolute Gasteiger partial charge is 0.347 e. The lowest BCUT2D eigenvalue weighted by molar-refractivity contribution is 0.0918. The second-order valence-corrected chi connectivity index (χ2v) is 4.97. The van der Waals surface area contributed by atoms with Crippen LogP contribution in [0, 0.1) is 5.92 Å². The molecule has 1 fully saturated rings. The van der Waals surface area contributed by atoms with Gasteiger partial charge in [-0.05, 0) is 25.7 Å². The molecule has 2 N–H and O–H groups in total. The molecule has 1 aromatic heterocycles. The Kier molecular flexibility index (Phi) is 3.45. The molecule has 0 aliphatic heterocycles. The first-order chi connectivity index (χ1) is 8.11. The van der Waals surface area contributed by atoms with Crippen molar-refractivity contribution in [2.24, 2.45) is 5.92 Å². The van der Waals surface area contributed by atoms with Crippen LogP contribution in [0.15, 0.2) is 0 Å². The van der Waals surface area contributed by atoms with Crippen molar-refractivity contribution in [3.63, 3.8) is 0 Å². The van der Waals surface area contributed by atoms with Crippen LogP contribution in [0.3, 0.4) is 0 Å². The van der Waals surface area contributed by atoms with E-state index >= 15 is 0 Å². The number of nitrogens with one attached hydrogen (secondary N) is 2. The van der Waals surface area contributed by atoms with Crippen LogP contribution in [0.2, 0.25) is 0 Å². The number of nitrogens with zero attached hydrogens (tertiary/aromatic N) is 2. The van der Waals surface area contributed by atoms with Gasteiger partial charge < -0.3 is 5.32 Å². The molecule has 17 heavy (non-hydrogen) atoms. The average Bonchev–Trinajstić information content (AvgIpc) is 3.05. The Balaban J connectivity index is 1.94. The van der Waals surface area contributed by atoms with Gasteiger partial charge in [0.25, 0.3) is 5.91 Å². The summed E-state index contributed by atoms with van der Waals surface area (Å²) in [6.07, 6.45) is 3.35. The molecule has 1 saturated carbocycles. The van der Waals surface area contributed by atoms with Crippen LogP contribution >= 0.6 is 0 Å². The first-order valence-corrected chi connectivity index (χ1v) is 6.35. The topological polar surface area (TPSA) is 70.7 Å². The summed E-state index contributed by atoms with van der Waals surface area (Å²) in [6, 6.07) is 0.148. The summed E-state index contributed by atoms with van der Waals surface area (Å²) >= 11 is 0. The van der Waals surface area contributed by atoms with E-state index in [0.29, 0.717) is 11.8 Å². The van der Waals surface area contributed by atoms with Gasteiger partial charge in [0.15, 0.2) is 0 Å². The molecule has 5 nitrogen and oxygen atoms in total. The molecule has 1 aromatic rings. The molecule has 2 atom stereocenters. The van der Waals surface area contributed by atoms with Crippen LogP contribution < -0.4 is 5.32 Å². The van der Waals surface area contributed by atoms with Gasteiger partial charge in [0.05, 0.1) is 0 Å². The van der Waals surface area contributed by atoms with Crippen molar-refractivity contribution in [1.29, 1.82) is 0 Å². The average molecular weight is 236 g/mol. The molecule has 1 heterocycles. The highest BCUT2D eigenvalue weighted by Crippen LogP contribution is 2.37. The van der Waals surface area contributed by atoms with E-state index in [2.05, 4.69) is 34.3 Å². The molecule has 94 valence electrons. The molecule has 0 spiro atoms. The number of hydrogen-bond donors (Lipinski definition) is 2. The van der Waals surface area contributed by atoms with Crippen LogP contribution in [0.25, 0.3) is 0 Å². The minimum atomic E-state index is -0.180. The Bertz CT molecular complexity index is 397. The van der Waals surface area contributed by atoms with E-state index < -0.39 is 0 Å². The Morgan fingerprint density at radius 3 is 2.82 bits per heavy atom. The Morgan fingerprint density at radius 2 is 2.24 bits per heavy atom. The molecule has 0 saturated heterocycles. The zero-order valence-corrected chi connectivity index (χ0v) is 10.7. The van der Waals surface area contributed by atoms with E-state index in [4.69, 9.17) is 0 Å². The van der Waals surface area contributed by atoms with Crippen molar-refractivity contribution in [3.05, 3.63) is 11.6 Å². The first-order valence-electron chi connectivity index (χ1n) is 6.35. The highest BCUT2D eigenvalue weighted by Gasteiger charge is 2.28. The Hall–Kier alpha value is -1.39. The van der Waals surface area contributed by atoms with Crippen molar-refractivity contribution >= 4 is 5.91 Å². The van der Waals surface area contributed by atoms with Crippen molar-refractivity contribution in [1.82, 2.24) is 20.5 Å². The first kappa shape index (κ1) is 12.1. The molecule has 1 aliphatic rings. The lowest BCUT2D eigenvalue weighted by atomic mass is 10.0. The fraction of sp³-hybridized carbons (Fsp3) is 0.750. The van der Waals surface area contributed by atoms with Gasteiger partial charge in [-0.3, -0.25) is 9.89 Å². The molecule has 1 aliphatic carbocycles. The summed E-state index contributed by atoms with van der Waals surface area (Å²) in [5, 5.41) is 9.75. The fourth-order valence-corrected chi connectivity index (χ4v) is 1.68. The number of rotatable bonds is 5. The Morgan fingerprint density at radius 1 is 1.53 bits per heavy atom. The van der Waals surface area contributed by atoms with Gasteiger partial charge in [0.2, 0.25) is 5.82 Å². The van der Waals surface area contributed by atoms with Gasteiger partial charge in [-0.25, -0.2) is 4.98 Å². The third-order valence-corrected chi connectivity index (χ3v) is 3.53. The lowest BCUT2D eigenvalue weighted by Crippen LogP contribution is -2.37. The molecule has 2 unspecified atom stereocenters. The lowest BCUT2D eigenvalue weighted by Gasteiger charge is -2.18. The summed E-state index contributed by atoms with van der Waals surface area (Å²) in [5.74, 6) is 1.89. The van der Waals surface area contributed by atoms with E-state index in [1.54, 1.807) is 0 Å². The minimum Gasteiger partial charge on any atom is -0.347 e. The highest BCUT2D eigenvalue weighted by atomic mass is 16.2. The van der Waals surface area contributed by atoms with E-state index in [1.165, 1.54) is 0 Å². The quantitative estimate of drug-likeness (QED) is 0.819. The summed E-state index contributed by atoms with van der Waals surface area (Å²) in [4.78, 5) is 16.1. The zero-order chi connectivity index (χ0) is 12.4. The predicted molar refractivity (Wildman–Crippen MR) is 64.7 cm³/mol. The second-order valence-electron chi connectivity index (χ2n) is 4.97. The van der Waals surface area contributed by atoms with Crippen molar-refractivity contribution < 1.29 is 4.79 Å². The van der Waals surface area contributed by atoms with Crippen LogP contribution in [0.4, 0.5) is 0 Å². The Labute approximate surface area is 101 Å². The smallest absolute Gasteiger partial charge is 0.291 e. The normalized spacial score (nSPS) is 18.8. The standard InChI is InChI=1S/C12H20N4O/c1-4-7(2)8(3)13-12(17)11-14-10(15-16-11)9-5-6-9/h7-9H,4-6H2,1-3H3,(H,13,17)(H,14,15,16). The highest BCUT2D eigenvalue weighted by molar-refractivity contribution is 5.90. The summed E-state index contributed by atoms with van der Waals surface area (Å²) < 4.78 is 0. The summed E-state index contributed by atoms with van der Waals surface area (Å²) in [6.45, 7) is 6.25. The number of amides is 1. The maximum atomic E-state index is 11.9. The van der Waals surface area contributed by atoms with Crippen LogP contribution in [0.1, 0.15) is 62.4 Å². The SMILES string of the molecule is CCC(C)C(C)NC(=O)c1n[nH]c(C2CC2)n1. The molecule has 0 aromatic carbocycles. The monoisotopic (exact) mass is 236 g/mol. The molecular formula is C12H20N4O. The predicted octanol–water partition coefficient (Wildman–Crippen LogP) is 1.85. The number of carbonyl (C=O) groups excluding carboxylic acids is 1. The van der Waals surface area contributed by atoms with E-state index in [0.717, 1.165) is 25.1 Å². The molecule has 5 heteroatoms. The van der Waals surface area contributed by atoms with E-state index in [9.17, 15) is 4.79 Å². The third-order valence-electron chi connectivity index (χ3n) is 3.53. The zero-order valence-electron chi connectivity index (χ0n) is 10.7. The number of aromatic amines is 1. The molecule has 2 rings (SSSR count). The number of hydrogen-bond acceptors (Lipinski definition) is 3. The number of aromatic nitrogens is 3. The number of carbonyl (C=O) groups is 1. The van der Waals surface area contributed by atoms with Gasteiger partial charge in [-0.2, -0.15) is 0 Å². The minimum absolute atomic E-state index is 0.148. The van der Waals surface area contributed by atoms with Crippen LogP contribution in [-0.4, -0.2) is 27.1 Å². The maximum Gasteiger partial charge on any atom is 0.291 e. The van der Waals surface area contributed by atoms with Gasteiger partial charge >= 0.3 is 0 Å². The van der Waals surface area contributed by atoms with E-state index in [-0.39, 0.29) is 17.8 Å². The van der Waals surface area contributed by atoms with Crippen molar-refractivity contribution in [2.75, 3.05) is 0 Å². The van der Waals surface area contributed by atoms with Crippen molar-refractivity contribution in [3.8, 4) is 0 Å². The van der Waals surface area contributed by atoms with Gasteiger partial charge in [-0.15, -0.1) is 5.10 Å². The third kappa shape index (κ3) is 2.84. The van der Waals surface area contributed by atoms with Gasteiger partial charge in [0, 0.05) is 12.0 Å². The van der Waals surface area contributed by atoms with Gasteiger partial charge in [0.1, 0.15) is 5.82 Å². The molecular weight excluding hydrogens is 216 g/mol. The van der Waals surface area contributed by atoms with E-state index in [1.807, 2.05) is 6.92 Å². The maximum absolute atomic E-state index is 11.9. The van der Waals surface area contributed by atoms with Crippen molar-refractivity contribution in [2.45, 2.75) is 52.0 Å². The second kappa shape index (κ2) is 4.85. The molecule has 0 radical (unpaired) electrons. The summed E-state index contributed by atoms with van der Waals surface area (Å²) in [5.41, 5.74) is 0.